The maximum atomic E-state index is 12.8. The molecule has 1 saturated heterocycles. The number of hydrogen-bond donors (Lipinski definition) is 0. The maximum Gasteiger partial charge on any atom is 0.292 e. The van der Waals surface area contributed by atoms with E-state index in [1.54, 1.807) is 29.4 Å². The summed E-state index contributed by atoms with van der Waals surface area (Å²) < 4.78 is 1.89. The standard InChI is InChI=1S/C22H24N6O3S/c1-16-7-8-18(13-17(16)2)27-15-23-24-22(27)32-14-21(29)26-11-9-25(10-12-26)19-5-3-4-6-20(19)28(30)31/h3-8,13,15H,9-12,14H2,1-2H3. The molecular formula is C22H24N6O3S. The van der Waals surface area contributed by atoms with Crippen molar-refractivity contribution in [3.8, 4) is 5.69 Å². The van der Waals surface area contributed by atoms with Crippen LogP contribution in [0.2, 0.25) is 0 Å². The number of thioether (sulfide) groups is 1. The van der Waals surface area contributed by atoms with Gasteiger partial charge in [0.1, 0.15) is 12.0 Å². The van der Waals surface area contributed by atoms with E-state index in [0.717, 1.165) is 5.69 Å². The van der Waals surface area contributed by atoms with Gasteiger partial charge in [0.05, 0.1) is 10.7 Å². The molecule has 1 fully saturated rings. The van der Waals surface area contributed by atoms with Crippen LogP contribution in [0, 0.1) is 24.0 Å². The first-order chi connectivity index (χ1) is 15.4. The average Bonchev–Trinajstić information content (AvgIpc) is 3.28. The number of benzene rings is 2. The molecule has 0 unspecified atom stereocenters. The van der Waals surface area contributed by atoms with Gasteiger partial charge in [-0.3, -0.25) is 19.5 Å². The summed E-state index contributed by atoms with van der Waals surface area (Å²) in [5.74, 6) is 0.279. The molecular weight excluding hydrogens is 428 g/mol. The van der Waals surface area contributed by atoms with Gasteiger partial charge in [0.25, 0.3) is 5.69 Å². The van der Waals surface area contributed by atoms with Crippen LogP contribution in [-0.4, -0.2) is 62.4 Å². The zero-order valence-electron chi connectivity index (χ0n) is 18.0. The predicted octanol–water partition coefficient (Wildman–Crippen LogP) is 3.23. The quantitative estimate of drug-likeness (QED) is 0.322. The number of hydrogen-bond acceptors (Lipinski definition) is 7. The highest BCUT2D eigenvalue weighted by Crippen LogP contribution is 2.28. The Morgan fingerprint density at radius 3 is 2.56 bits per heavy atom. The van der Waals surface area contributed by atoms with E-state index in [1.165, 1.54) is 29.0 Å². The van der Waals surface area contributed by atoms with E-state index in [1.807, 2.05) is 15.5 Å². The van der Waals surface area contributed by atoms with E-state index in [4.69, 9.17) is 0 Å². The van der Waals surface area contributed by atoms with Gasteiger partial charge in [-0.2, -0.15) is 0 Å². The van der Waals surface area contributed by atoms with Crippen molar-refractivity contribution >= 4 is 29.0 Å². The molecule has 1 aliphatic heterocycles. The Bertz CT molecular complexity index is 1140. The Hall–Kier alpha value is -3.40. The van der Waals surface area contributed by atoms with Crippen molar-refractivity contribution in [3.05, 3.63) is 70.0 Å². The Balaban J connectivity index is 1.35. The number of amides is 1. The molecule has 166 valence electrons. The second kappa shape index (κ2) is 9.39. The molecule has 10 heteroatoms. The number of piperazine rings is 1. The average molecular weight is 453 g/mol. The monoisotopic (exact) mass is 452 g/mol. The molecule has 1 aliphatic rings. The number of nitro groups is 1. The summed E-state index contributed by atoms with van der Waals surface area (Å²) in [5, 5.41) is 20.2. The third kappa shape index (κ3) is 4.59. The number of anilines is 1. The van der Waals surface area contributed by atoms with Crippen LogP contribution in [0.3, 0.4) is 0 Å². The van der Waals surface area contributed by atoms with E-state index >= 15 is 0 Å². The third-order valence-corrected chi connectivity index (χ3v) is 6.59. The molecule has 0 aliphatic carbocycles. The van der Waals surface area contributed by atoms with Crippen molar-refractivity contribution in [2.75, 3.05) is 36.8 Å². The topological polar surface area (TPSA) is 97.4 Å². The molecule has 0 radical (unpaired) electrons. The van der Waals surface area contributed by atoms with E-state index in [-0.39, 0.29) is 22.3 Å². The Morgan fingerprint density at radius 1 is 1.09 bits per heavy atom. The molecule has 0 saturated carbocycles. The first-order valence-electron chi connectivity index (χ1n) is 10.3. The molecule has 0 spiro atoms. The van der Waals surface area contributed by atoms with Crippen LogP contribution in [0.25, 0.3) is 5.69 Å². The van der Waals surface area contributed by atoms with Crippen molar-refractivity contribution in [1.82, 2.24) is 19.7 Å². The highest BCUT2D eigenvalue weighted by Gasteiger charge is 2.25. The van der Waals surface area contributed by atoms with Gasteiger partial charge in [0.2, 0.25) is 5.91 Å². The molecule has 2 heterocycles. The Labute approximate surface area is 190 Å². The molecule has 0 bridgehead atoms. The van der Waals surface area contributed by atoms with Crippen LogP contribution >= 0.6 is 11.8 Å². The van der Waals surface area contributed by atoms with Gasteiger partial charge in [0, 0.05) is 37.9 Å². The van der Waals surface area contributed by atoms with Crippen LogP contribution in [0.4, 0.5) is 11.4 Å². The van der Waals surface area contributed by atoms with Crippen LogP contribution < -0.4 is 4.90 Å². The van der Waals surface area contributed by atoms with Crippen molar-refractivity contribution in [2.45, 2.75) is 19.0 Å². The highest BCUT2D eigenvalue weighted by molar-refractivity contribution is 7.99. The molecule has 2 aromatic carbocycles. The fourth-order valence-corrected chi connectivity index (χ4v) is 4.51. The van der Waals surface area contributed by atoms with E-state index in [9.17, 15) is 14.9 Å². The zero-order chi connectivity index (χ0) is 22.7. The lowest BCUT2D eigenvalue weighted by Gasteiger charge is -2.35. The van der Waals surface area contributed by atoms with Crippen molar-refractivity contribution in [3.63, 3.8) is 0 Å². The minimum absolute atomic E-state index is 0.0202. The van der Waals surface area contributed by atoms with Gasteiger partial charge in [-0.15, -0.1) is 10.2 Å². The first-order valence-corrected chi connectivity index (χ1v) is 11.3. The van der Waals surface area contributed by atoms with Crippen LogP contribution in [0.5, 0.6) is 0 Å². The Morgan fingerprint density at radius 2 is 1.84 bits per heavy atom. The number of nitrogens with zero attached hydrogens (tertiary/aromatic N) is 6. The second-order valence-electron chi connectivity index (χ2n) is 7.65. The van der Waals surface area contributed by atoms with Gasteiger partial charge in [-0.1, -0.05) is 30.0 Å². The zero-order valence-corrected chi connectivity index (χ0v) is 18.8. The molecule has 0 N–H and O–H groups in total. The van der Waals surface area contributed by atoms with Gasteiger partial charge < -0.3 is 9.80 Å². The van der Waals surface area contributed by atoms with Gasteiger partial charge in [-0.05, 0) is 43.2 Å². The third-order valence-electron chi connectivity index (χ3n) is 5.66. The van der Waals surface area contributed by atoms with E-state index in [2.05, 4.69) is 36.2 Å². The summed E-state index contributed by atoms with van der Waals surface area (Å²) in [7, 11) is 0. The summed E-state index contributed by atoms with van der Waals surface area (Å²) in [6.45, 7) is 6.28. The smallest absolute Gasteiger partial charge is 0.292 e. The molecule has 32 heavy (non-hydrogen) atoms. The van der Waals surface area contributed by atoms with Gasteiger partial charge in [0.15, 0.2) is 5.16 Å². The fourth-order valence-electron chi connectivity index (χ4n) is 3.68. The number of aryl methyl sites for hydroxylation is 2. The van der Waals surface area contributed by atoms with E-state index < -0.39 is 0 Å². The largest absolute Gasteiger partial charge is 0.362 e. The number of rotatable bonds is 6. The first kappa shape index (κ1) is 21.8. The summed E-state index contributed by atoms with van der Waals surface area (Å²) in [4.78, 5) is 27.5. The lowest BCUT2D eigenvalue weighted by molar-refractivity contribution is -0.384. The molecule has 1 aromatic heterocycles. The molecule has 9 nitrogen and oxygen atoms in total. The van der Waals surface area contributed by atoms with Crippen LogP contribution in [-0.2, 0) is 4.79 Å². The lowest BCUT2D eigenvalue weighted by Crippen LogP contribution is -2.49. The summed E-state index contributed by atoms with van der Waals surface area (Å²) >= 11 is 1.36. The summed E-state index contributed by atoms with van der Waals surface area (Å²) in [6, 6.07) is 12.9. The van der Waals surface area contributed by atoms with E-state index in [0.29, 0.717) is 37.0 Å². The normalized spacial score (nSPS) is 13.9. The number of para-hydroxylation sites is 2. The lowest BCUT2D eigenvalue weighted by atomic mass is 10.1. The molecule has 4 rings (SSSR count). The van der Waals surface area contributed by atoms with Crippen molar-refractivity contribution < 1.29 is 9.72 Å². The summed E-state index contributed by atoms with van der Waals surface area (Å²) in [6.07, 6.45) is 1.66. The number of aromatic nitrogens is 3. The van der Waals surface area contributed by atoms with Gasteiger partial charge >= 0.3 is 0 Å². The minimum atomic E-state index is -0.366. The minimum Gasteiger partial charge on any atom is -0.362 e. The van der Waals surface area contributed by atoms with Crippen molar-refractivity contribution in [1.29, 1.82) is 0 Å². The highest BCUT2D eigenvalue weighted by atomic mass is 32.2. The maximum absolute atomic E-state index is 12.8. The summed E-state index contributed by atoms with van der Waals surface area (Å²) in [5.41, 5.74) is 4.05. The van der Waals surface area contributed by atoms with Crippen LogP contribution in [0.15, 0.2) is 53.9 Å². The second-order valence-corrected chi connectivity index (χ2v) is 8.60. The molecule has 3 aromatic rings. The number of carbonyl (C=O) groups is 1. The van der Waals surface area contributed by atoms with Crippen molar-refractivity contribution in [2.24, 2.45) is 0 Å². The van der Waals surface area contributed by atoms with Gasteiger partial charge in [-0.25, -0.2) is 0 Å². The SMILES string of the molecule is Cc1ccc(-n2cnnc2SCC(=O)N2CCN(c3ccccc3[N+](=O)[O-])CC2)cc1C. The number of carbonyl (C=O) groups excluding carboxylic acids is 1. The predicted molar refractivity (Wildman–Crippen MR) is 123 cm³/mol. The molecule has 0 atom stereocenters. The molecule has 1 amide bonds. The van der Waals surface area contributed by atoms with Crippen LogP contribution in [0.1, 0.15) is 11.1 Å². The Kier molecular flexibility index (Phi) is 6.40. The number of nitro benzene ring substituents is 1. The fraction of sp³-hybridized carbons (Fsp3) is 0.318.